The first-order chi connectivity index (χ1) is 18.5. The van der Waals surface area contributed by atoms with Crippen molar-refractivity contribution in [1.29, 1.82) is 0 Å². The highest BCUT2D eigenvalue weighted by Crippen LogP contribution is 2.41. The predicted octanol–water partition coefficient (Wildman–Crippen LogP) is 8.52. The first-order valence-electron chi connectivity index (χ1n) is 12.3. The predicted molar refractivity (Wildman–Crippen MR) is 156 cm³/mol. The number of thiophene rings is 1. The maximum Gasteiger partial charge on any atom is 0.259 e. The van der Waals surface area contributed by atoms with Crippen molar-refractivity contribution in [3.05, 3.63) is 104 Å². The molecule has 0 bridgehead atoms. The zero-order valence-corrected chi connectivity index (χ0v) is 23.1. The number of aryl methyl sites for hydroxylation is 1. The van der Waals surface area contributed by atoms with Crippen molar-refractivity contribution in [3.63, 3.8) is 0 Å². The van der Waals surface area contributed by atoms with Gasteiger partial charge in [0, 0.05) is 27.4 Å². The molecule has 1 heterocycles. The first kappa shape index (κ1) is 26.3. The van der Waals surface area contributed by atoms with E-state index in [0.29, 0.717) is 32.1 Å². The fourth-order valence-electron chi connectivity index (χ4n) is 4.44. The van der Waals surface area contributed by atoms with Gasteiger partial charge in [0.25, 0.3) is 5.91 Å². The molecule has 0 radical (unpaired) electrons. The van der Waals surface area contributed by atoms with Gasteiger partial charge < -0.3 is 14.8 Å². The fourth-order valence-corrected chi connectivity index (χ4v) is 6.14. The number of hydrogen-bond acceptors (Lipinski definition) is 5. The van der Waals surface area contributed by atoms with Crippen molar-refractivity contribution in [2.75, 3.05) is 12.4 Å². The third kappa shape index (κ3) is 5.88. The third-order valence-electron chi connectivity index (χ3n) is 6.32. The summed E-state index contributed by atoms with van der Waals surface area (Å²) in [5.74, 6) is 0.779. The van der Waals surface area contributed by atoms with Crippen LogP contribution in [0.15, 0.2) is 71.7 Å². The van der Waals surface area contributed by atoms with E-state index in [1.807, 2.05) is 60.7 Å². The average molecular weight is 566 g/mol. The molecular formula is C30H26Cl2N2O3S. The van der Waals surface area contributed by atoms with Gasteiger partial charge in [-0.1, -0.05) is 59.6 Å². The fraction of sp³-hybridized carbons (Fsp3) is 0.200. The molecule has 1 aliphatic carbocycles. The smallest absolute Gasteiger partial charge is 0.259 e. The summed E-state index contributed by atoms with van der Waals surface area (Å²) in [6, 6.07) is 20.5. The molecule has 38 heavy (non-hydrogen) atoms. The number of anilines is 1. The van der Waals surface area contributed by atoms with Gasteiger partial charge in [-0.2, -0.15) is 0 Å². The Morgan fingerprint density at radius 3 is 2.58 bits per heavy atom. The Morgan fingerprint density at radius 1 is 1.03 bits per heavy atom. The number of halogens is 2. The van der Waals surface area contributed by atoms with Crippen LogP contribution in [0.3, 0.4) is 0 Å². The minimum Gasteiger partial charge on any atom is -0.493 e. The van der Waals surface area contributed by atoms with Crippen LogP contribution < -0.4 is 14.8 Å². The van der Waals surface area contributed by atoms with E-state index in [0.717, 1.165) is 48.1 Å². The molecule has 1 N–H and O–H groups in total. The Balaban J connectivity index is 1.41. The molecule has 4 aromatic rings. The van der Waals surface area contributed by atoms with E-state index in [9.17, 15) is 4.79 Å². The number of nitrogens with one attached hydrogen (secondary N) is 1. The Hall–Kier alpha value is -3.32. The lowest BCUT2D eigenvalue weighted by molar-refractivity contribution is 0.102. The summed E-state index contributed by atoms with van der Waals surface area (Å²) in [7, 11) is 1.56. The van der Waals surface area contributed by atoms with Crippen LogP contribution in [0.1, 0.15) is 44.8 Å². The number of fused-ring (bicyclic) bond motifs is 1. The molecule has 1 amide bonds. The Bertz CT molecular complexity index is 1480. The molecule has 8 heteroatoms. The van der Waals surface area contributed by atoms with E-state index in [1.54, 1.807) is 30.7 Å². The Morgan fingerprint density at radius 2 is 1.79 bits per heavy atom. The quantitative estimate of drug-likeness (QED) is 0.218. The monoisotopic (exact) mass is 564 g/mol. The van der Waals surface area contributed by atoms with Crippen LogP contribution in [-0.4, -0.2) is 19.2 Å². The molecule has 194 valence electrons. The molecule has 0 spiro atoms. The number of nitrogens with zero attached hydrogens (tertiary/aromatic N) is 1. The van der Waals surface area contributed by atoms with Crippen LogP contribution in [0.25, 0.3) is 0 Å². The van der Waals surface area contributed by atoms with E-state index < -0.39 is 0 Å². The second-order valence-electron chi connectivity index (χ2n) is 8.88. The normalized spacial score (nSPS) is 12.8. The highest BCUT2D eigenvalue weighted by Gasteiger charge is 2.25. The minimum absolute atomic E-state index is 0.137. The van der Waals surface area contributed by atoms with E-state index in [1.165, 1.54) is 4.88 Å². The lowest BCUT2D eigenvalue weighted by Gasteiger charge is -2.14. The number of hydrogen-bond donors (Lipinski definition) is 1. The van der Waals surface area contributed by atoms with Gasteiger partial charge in [0.05, 0.1) is 17.7 Å². The van der Waals surface area contributed by atoms with Crippen LogP contribution in [0.2, 0.25) is 10.0 Å². The van der Waals surface area contributed by atoms with Gasteiger partial charge in [-0.05, 0) is 67.1 Å². The molecule has 0 fully saturated rings. The highest BCUT2D eigenvalue weighted by molar-refractivity contribution is 7.16. The topological polar surface area (TPSA) is 59.9 Å². The van der Waals surface area contributed by atoms with E-state index in [4.69, 9.17) is 37.7 Å². The highest BCUT2D eigenvalue weighted by atomic mass is 35.5. The number of amides is 1. The van der Waals surface area contributed by atoms with Crippen molar-refractivity contribution in [1.82, 2.24) is 0 Å². The van der Waals surface area contributed by atoms with Crippen molar-refractivity contribution in [2.24, 2.45) is 4.99 Å². The maximum absolute atomic E-state index is 13.3. The van der Waals surface area contributed by atoms with Gasteiger partial charge >= 0.3 is 0 Å². The minimum atomic E-state index is -0.137. The molecule has 0 saturated heterocycles. The molecule has 1 aromatic heterocycles. The van der Waals surface area contributed by atoms with Gasteiger partial charge in [0.15, 0.2) is 11.5 Å². The molecule has 3 aromatic carbocycles. The summed E-state index contributed by atoms with van der Waals surface area (Å²) >= 11 is 14.4. The number of para-hydroxylation sites is 1. The largest absolute Gasteiger partial charge is 0.493 e. The molecule has 5 nitrogen and oxygen atoms in total. The van der Waals surface area contributed by atoms with Crippen molar-refractivity contribution < 1.29 is 14.3 Å². The summed E-state index contributed by atoms with van der Waals surface area (Å²) in [4.78, 5) is 19.3. The third-order valence-corrected chi connectivity index (χ3v) is 8.17. The number of ether oxygens (including phenoxy) is 2. The van der Waals surface area contributed by atoms with Gasteiger partial charge in [0.2, 0.25) is 0 Å². The van der Waals surface area contributed by atoms with Crippen LogP contribution in [0.5, 0.6) is 11.5 Å². The van der Waals surface area contributed by atoms with Gasteiger partial charge in [-0.15, -0.1) is 11.3 Å². The van der Waals surface area contributed by atoms with Gasteiger partial charge in [-0.25, -0.2) is 4.99 Å². The van der Waals surface area contributed by atoms with E-state index in [-0.39, 0.29) is 12.5 Å². The molecule has 0 atom stereocenters. The van der Waals surface area contributed by atoms with Crippen LogP contribution >= 0.6 is 34.5 Å². The second kappa shape index (κ2) is 12.0. The number of aliphatic imine (C=N–C) groups is 1. The summed E-state index contributed by atoms with van der Waals surface area (Å²) in [5.41, 5.74) is 4.11. The number of benzene rings is 3. The summed E-state index contributed by atoms with van der Waals surface area (Å²) < 4.78 is 11.5. The standard InChI is InChI=1S/C30H26Cl2N2O3S/c1-36-25-16-19(15-24(32)28(25)37-18-20-9-5-7-13-23(20)31)17-33-30-27(22-12-6-8-14-26(22)38-30)29(35)34-21-10-3-2-4-11-21/h2-5,7,9-11,13,15-17H,6,8,12,14,18H2,1H3,(H,34,35). The number of rotatable bonds is 8. The van der Waals surface area contributed by atoms with Crippen molar-refractivity contribution in [2.45, 2.75) is 32.3 Å². The zero-order valence-electron chi connectivity index (χ0n) is 20.8. The summed E-state index contributed by atoms with van der Waals surface area (Å²) in [6.45, 7) is 0.254. The number of carbonyl (C=O) groups is 1. The second-order valence-corrected chi connectivity index (χ2v) is 10.8. The summed E-state index contributed by atoms with van der Waals surface area (Å²) in [5, 5.41) is 4.74. The van der Waals surface area contributed by atoms with E-state index >= 15 is 0 Å². The SMILES string of the molecule is COc1cc(C=Nc2sc3c(c2C(=O)Nc2ccccc2)CCCC3)cc(Cl)c1OCc1ccccc1Cl. The lowest BCUT2D eigenvalue weighted by atomic mass is 9.95. The molecule has 5 rings (SSSR count). The zero-order chi connectivity index (χ0) is 26.5. The van der Waals surface area contributed by atoms with Crippen molar-refractivity contribution >= 4 is 57.3 Å². The Kier molecular flexibility index (Phi) is 8.32. The molecule has 0 aliphatic heterocycles. The Labute approximate surface area is 236 Å². The van der Waals surface area contributed by atoms with Crippen LogP contribution in [-0.2, 0) is 19.4 Å². The number of methoxy groups -OCH3 is 1. The molecular weight excluding hydrogens is 539 g/mol. The van der Waals surface area contributed by atoms with Crippen LogP contribution in [0, 0.1) is 0 Å². The lowest BCUT2D eigenvalue weighted by Crippen LogP contribution is -2.14. The maximum atomic E-state index is 13.3. The molecule has 0 unspecified atom stereocenters. The van der Waals surface area contributed by atoms with Gasteiger partial charge in [-0.3, -0.25) is 4.79 Å². The average Bonchev–Trinajstić information content (AvgIpc) is 3.31. The van der Waals surface area contributed by atoms with Gasteiger partial charge in [0.1, 0.15) is 11.6 Å². The van der Waals surface area contributed by atoms with E-state index in [2.05, 4.69) is 5.32 Å². The first-order valence-corrected chi connectivity index (χ1v) is 13.9. The molecule has 1 aliphatic rings. The molecule has 0 saturated carbocycles. The van der Waals surface area contributed by atoms with Crippen molar-refractivity contribution in [3.8, 4) is 11.5 Å². The number of carbonyl (C=O) groups excluding carboxylic acids is 1. The summed E-state index contributed by atoms with van der Waals surface area (Å²) in [6.07, 6.45) is 5.76. The van der Waals surface area contributed by atoms with Crippen LogP contribution in [0.4, 0.5) is 10.7 Å².